The molecule has 1 saturated carbocycles. The Hall–Kier alpha value is -2.37. The molecule has 0 spiro atoms. The summed E-state index contributed by atoms with van der Waals surface area (Å²) in [4.78, 5) is 23.9. The van der Waals surface area contributed by atoms with Gasteiger partial charge in [0.25, 0.3) is 0 Å². The van der Waals surface area contributed by atoms with Crippen LogP contribution in [0.1, 0.15) is 32.1 Å². The highest BCUT2D eigenvalue weighted by Gasteiger charge is 2.22. The number of benzene rings is 1. The van der Waals surface area contributed by atoms with Gasteiger partial charge in [0.2, 0.25) is 5.91 Å². The molecule has 1 aliphatic carbocycles. The maximum absolute atomic E-state index is 12.1. The van der Waals surface area contributed by atoms with Crippen molar-refractivity contribution >= 4 is 28.6 Å². The molecule has 0 bridgehead atoms. The normalized spacial score (nSPS) is 17.5. The van der Waals surface area contributed by atoms with Crippen LogP contribution in [0, 0.1) is 5.92 Å². The summed E-state index contributed by atoms with van der Waals surface area (Å²) in [6, 6.07) is 7.89. The molecule has 2 fully saturated rings. The first-order chi connectivity index (χ1) is 12.3. The van der Waals surface area contributed by atoms with E-state index in [1.165, 1.54) is 32.1 Å². The number of hydrogen-bond acceptors (Lipinski definition) is 5. The molecule has 1 aromatic carbocycles. The fraction of sp³-hybridized carbons (Fsp3) is 0.526. The predicted octanol–water partition coefficient (Wildman–Crippen LogP) is 2.56. The van der Waals surface area contributed by atoms with Gasteiger partial charge in [0.15, 0.2) is 11.6 Å². The number of para-hydroxylation sites is 2. The van der Waals surface area contributed by atoms with Crippen molar-refractivity contribution in [1.82, 2.24) is 15.3 Å². The number of fused-ring (bicyclic) bond motifs is 1. The Bertz CT molecular complexity index is 753. The van der Waals surface area contributed by atoms with Gasteiger partial charge < -0.3 is 15.5 Å². The summed E-state index contributed by atoms with van der Waals surface area (Å²) in [6.07, 6.45) is 6.10. The Labute approximate surface area is 148 Å². The molecule has 1 aromatic heterocycles. The van der Waals surface area contributed by atoms with Crippen LogP contribution in [0.3, 0.4) is 0 Å². The predicted molar refractivity (Wildman–Crippen MR) is 99.8 cm³/mol. The highest BCUT2D eigenvalue weighted by Crippen LogP contribution is 2.28. The molecule has 1 saturated heterocycles. The van der Waals surface area contributed by atoms with E-state index in [-0.39, 0.29) is 12.5 Å². The molecule has 25 heavy (non-hydrogen) atoms. The van der Waals surface area contributed by atoms with Crippen LogP contribution in [0.5, 0.6) is 0 Å². The van der Waals surface area contributed by atoms with Gasteiger partial charge in [0, 0.05) is 19.6 Å². The minimum absolute atomic E-state index is 0.0199. The van der Waals surface area contributed by atoms with E-state index in [4.69, 9.17) is 9.97 Å². The Morgan fingerprint density at radius 1 is 1.08 bits per heavy atom. The third kappa shape index (κ3) is 4.00. The van der Waals surface area contributed by atoms with Gasteiger partial charge in [-0.2, -0.15) is 0 Å². The van der Waals surface area contributed by atoms with E-state index in [9.17, 15) is 4.79 Å². The number of piperidine rings is 1. The topological polar surface area (TPSA) is 70.2 Å². The Morgan fingerprint density at radius 2 is 1.80 bits per heavy atom. The number of hydrogen-bond donors (Lipinski definition) is 2. The minimum atomic E-state index is 0.0199. The van der Waals surface area contributed by atoms with Crippen molar-refractivity contribution in [2.75, 3.05) is 36.4 Å². The SMILES string of the molecule is O=C(CNc1nc2ccccc2nc1N1CCCCC1)NCC1CC1. The highest BCUT2D eigenvalue weighted by molar-refractivity contribution is 5.84. The van der Waals surface area contributed by atoms with Crippen LogP contribution in [0.15, 0.2) is 24.3 Å². The van der Waals surface area contributed by atoms with Crippen molar-refractivity contribution in [2.24, 2.45) is 5.92 Å². The number of nitrogens with one attached hydrogen (secondary N) is 2. The molecule has 1 amide bonds. The van der Waals surface area contributed by atoms with Crippen LogP contribution in [-0.2, 0) is 4.79 Å². The van der Waals surface area contributed by atoms with Gasteiger partial charge in [0.1, 0.15) is 0 Å². The smallest absolute Gasteiger partial charge is 0.239 e. The molecular weight excluding hydrogens is 314 g/mol. The number of aromatic nitrogens is 2. The monoisotopic (exact) mass is 339 g/mol. The van der Waals surface area contributed by atoms with E-state index in [0.29, 0.717) is 11.7 Å². The number of anilines is 2. The third-order valence-electron chi connectivity index (χ3n) is 4.91. The lowest BCUT2D eigenvalue weighted by Gasteiger charge is -2.29. The van der Waals surface area contributed by atoms with Crippen molar-refractivity contribution < 1.29 is 4.79 Å². The van der Waals surface area contributed by atoms with Crippen LogP contribution in [0.2, 0.25) is 0 Å². The maximum Gasteiger partial charge on any atom is 0.239 e. The highest BCUT2D eigenvalue weighted by atomic mass is 16.1. The van der Waals surface area contributed by atoms with Crippen LogP contribution >= 0.6 is 0 Å². The zero-order chi connectivity index (χ0) is 17.1. The Balaban J connectivity index is 1.52. The van der Waals surface area contributed by atoms with Gasteiger partial charge in [-0.15, -0.1) is 0 Å². The molecule has 0 atom stereocenters. The molecule has 2 aliphatic rings. The van der Waals surface area contributed by atoms with Gasteiger partial charge in [-0.1, -0.05) is 12.1 Å². The molecule has 1 aliphatic heterocycles. The number of amides is 1. The van der Waals surface area contributed by atoms with Gasteiger partial charge >= 0.3 is 0 Å². The molecule has 6 heteroatoms. The second-order valence-electron chi connectivity index (χ2n) is 7.03. The van der Waals surface area contributed by atoms with Crippen molar-refractivity contribution in [3.05, 3.63) is 24.3 Å². The lowest BCUT2D eigenvalue weighted by Crippen LogP contribution is -2.34. The van der Waals surface area contributed by atoms with E-state index in [1.54, 1.807) is 0 Å². The first-order valence-corrected chi connectivity index (χ1v) is 9.32. The summed E-state index contributed by atoms with van der Waals surface area (Å²) in [7, 11) is 0. The molecule has 6 nitrogen and oxygen atoms in total. The zero-order valence-corrected chi connectivity index (χ0v) is 14.5. The van der Waals surface area contributed by atoms with Gasteiger partial charge in [-0.05, 0) is 50.2 Å². The van der Waals surface area contributed by atoms with E-state index in [0.717, 1.165) is 36.5 Å². The Kier molecular flexibility index (Phi) is 4.68. The van der Waals surface area contributed by atoms with E-state index in [2.05, 4.69) is 15.5 Å². The number of nitrogens with zero attached hydrogens (tertiary/aromatic N) is 3. The maximum atomic E-state index is 12.1. The van der Waals surface area contributed by atoms with Crippen molar-refractivity contribution in [3.63, 3.8) is 0 Å². The van der Waals surface area contributed by atoms with Gasteiger partial charge in [-0.25, -0.2) is 9.97 Å². The summed E-state index contributed by atoms with van der Waals surface area (Å²) < 4.78 is 0. The average molecular weight is 339 g/mol. The molecule has 2 heterocycles. The fourth-order valence-corrected chi connectivity index (χ4v) is 3.24. The van der Waals surface area contributed by atoms with Crippen LogP contribution in [0.25, 0.3) is 11.0 Å². The van der Waals surface area contributed by atoms with Crippen molar-refractivity contribution in [2.45, 2.75) is 32.1 Å². The summed E-state index contributed by atoms with van der Waals surface area (Å²) in [5, 5.41) is 6.21. The largest absolute Gasteiger partial charge is 0.358 e. The van der Waals surface area contributed by atoms with Gasteiger partial charge in [-0.3, -0.25) is 4.79 Å². The van der Waals surface area contributed by atoms with Crippen LogP contribution < -0.4 is 15.5 Å². The first kappa shape index (κ1) is 16.1. The minimum Gasteiger partial charge on any atom is -0.358 e. The standard InChI is InChI=1S/C19H25N5O/c25-17(20-12-14-8-9-14)13-21-18-19(24-10-4-1-5-11-24)23-16-7-3-2-6-15(16)22-18/h2-3,6-7,14H,1,4-5,8-13H2,(H,20,25)(H,21,22). The summed E-state index contributed by atoms with van der Waals surface area (Å²) in [5.74, 6) is 2.29. The van der Waals surface area contributed by atoms with E-state index < -0.39 is 0 Å². The fourth-order valence-electron chi connectivity index (χ4n) is 3.24. The molecule has 2 aromatic rings. The first-order valence-electron chi connectivity index (χ1n) is 9.32. The molecule has 2 N–H and O–H groups in total. The second-order valence-corrected chi connectivity index (χ2v) is 7.03. The van der Waals surface area contributed by atoms with Crippen LogP contribution in [-0.4, -0.2) is 42.1 Å². The van der Waals surface area contributed by atoms with E-state index in [1.807, 2.05) is 24.3 Å². The van der Waals surface area contributed by atoms with E-state index >= 15 is 0 Å². The van der Waals surface area contributed by atoms with Crippen molar-refractivity contribution in [1.29, 1.82) is 0 Å². The van der Waals surface area contributed by atoms with Crippen LogP contribution in [0.4, 0.5) is 11.6 Å². The zero-order valence-electron chi connectivity index (χ0n) is 14.5. The molecule has 0 unspecified atom stereocenters. The molecule has 132 valence electrons. The number of carbonyl (C=O) groups excluding carboxylic acids is 1. The quantitative estimate of drug-likeness (QED) is 0.846. The van der Waals surface area contributed by atoms with Gasteiger partial charge in [0.05, 0.1) is 17.6 Å². The number of carbonyl (C=O) groups is 1. The number of rotatable bonds is 6. The lowest BCUT2D eigenvalue weighted by molar-refractivity contribution is -0.119. The average Bonchev–Trinajstić information content (AvgIpc) is 3.49. The van der Waals surface area contributed by atoms with Crippen molar-refractivity contribution in [3.8, 4) is 0 Å². The summed E-state index contributed by atoms with van der Waals surface area (Å²) in [6.45, 7) is 3.02. The molecule has 4 rings (SSSR count). The Morgan fingerprint density at radius 3 is 2.52 bits per heavy atom. The molecule has 0 radical (unpaired) electrons. The lowest BCUT2D eigenvalue weighted by atomic mass is 10.1. The second kappa shape index (κ2) is 7.25. The summed E-state index contributed by atoms with van der Waals surface area (Å²) >= 11 is 0. The molecular formula is C19H25N5O. The summed E-state index contributed by atoms with van der Waals surface area (Å²) in [5.41, 5.74) is 1.75. The third-order valence-corrected chi connectivity index (χ3v) is 4.91.